The van der Waals surface area contributed by atoms with E-state index < -0.39 is 30.4 Å². The highest BCUT2D eigenvalue weighted by Gasteiger charge is 2.36. The minimum Gasteiger partial charge on any atom is -0.508 e. The number of rotatable bonds is 5. The van der Waals surface area contributed by atoms with Crippen LogP contribution in [0.2, 0.25) is 0 Å². The molecule has 0 aromatic heterocycles. The largest absolute Gasteiger partial charge is 0.508 e. The van der Waals surface area contributed by atoms with Crippen molar-refractivity contribution in [3.8, 4) is 11.5 Å². The van der Waals surface area contributed by atoms with Gasteiger partial charge >= 0.3 is 12.0 Å². The maximum atomic E-state index is 12.7. The summed E-state index contributed by atoms with van der Waals surface area (Å²) in [5.41, 5.74) is 0.293. The fraction of sp³-hybridized carbons (Fsp3) is 0.0526. The molecule has 28 heavy (non-hydrogen) atoms. The molecule has 3 rings (SSSR count). The van der Waals surface area contributed by atoms with E-state index in [0.29, 0.717) is 5.56 Å². The molecule has 1 fully saturated rings. The lowest BCUT2D eigenvalue weighted by molar-refractivity contribution is -0.139. The second kappa shape index (κ2) is 7.62. The van der Waals surface area contributed by atoms with Crippen LogP contribution in [0.25, 0.3) is 6.08 Å². The number of nitrogens with zero attached hydrogens (tertiary/aromatic N) is 1. The first-order chi connectivity index (χ1) is 13.3. The first-order valence-electron chi connectivity index (χ1n) is 8.00. The minimum atomic E-state index is -1.14. The maximum absolute atomic E-state index is 12.7. The molecule has 1 heterocycles. The van der Waals surface area contributed by atoms with Gasteiger partial charge in [0.25, 0.3) is 11.8 Å². The topological polar surface area (TPSA) is 133 Å². The summed E-state index contributed by atoms with van der Waals surface area (Å²) in [6.07, 6.45) is 1.27. The maximum Gasteiger partial charge on any atom is 0.341 e. The predicted molar refractivity (Wildman–Crippen MR) is 96.7 cm³/mol. The summed E-state index contributed by atoms with van der Waals surface area (Å²) in [6, 6.07) is 10.6. The highest BCUT2D eigenvalue weighted by atomic mass is 16.5. The zero-order valence-corrected chi connectivity index (χ0v) is 14.3. The number of carboxylic acids is 1. The molecule has 9 heteroatoms. The van der Waals surface area contributed by atoms with E-state index >= 15 is 0 Å². The van der Waals surface area contributed by atoms with Gasteiger partial charge in [0.2, 0.25) is 0 Å². The molecule has 0 radical (unpaired) electrons. The molecule has 2 aromatic rings. The fourth-order valence-electron chi connectivity index (χ4n) is 2.50. The van der Waals surface area contributed by atoms with Gasteiger partial charge in [-0.15, -0.1) is 0 Å². The van der Waals surface area contributed by atoms with Gasteiger partial charge in [-0.3, -0.25) is 14.9 Å². The van der Waals surface area contributed by atoms with Crippen molar-refractivity contribution in [3.63, 3.8) is 0 Å². The van der Waals surface area contributed by atoms with Crippen molar-refractivity contribution in [2.45, 2.75) is 0 Å². The van der Waals surface area contributed by atoms with Gasteiger partial charge in [0.15, 0.2) is 6.61 Å². The van der Waals surface area contributed by atoms with Crippen LogP contribution >= 0.6 is 0 Å². The Kier molecular flexibility index (Phi) is 5.07. The van der Waals surface area contributed by atoms with Crippen molar-refractivity contribution < 1.29 is 34.1 Å². The Morgan fingerprint density at radius 3 is 2.50 bits per heavy atom. The highest BCUT2D eigenvalue weighted by molar-refractivity contribution is 6.39. The molecule has 142 valence electrons. The summed E-state index contributed by atoms with van der Waals surface area (Å²) in [5.74, 6) is -2.64. The number of carboxylic acid groups (broad SMARTS) is 1. The van der Waals surface area contributed by atoms with Crippen LogP contribution in [0.15, 0.2) is 54.1 Å². The van der Waals surface area contributed by atoms with Crippen LogP contribution in [0.3, 0.4) is 0 Å². The number of hydrogen-bond acceptors (Lipinski definition) is 6. The van der Waals surface area contributed by atoms with Gasteiger partial charge in [-0.25, -0.2) is 14.5 Å². The lowest BCUT2D eigenvalue weighted by Gasteiger charge is -2.26. The van der Waals surface area contributed by atoms with E-state index in [0.717, 1.165) is 4.90 Å². The van der Waals surface area contributed by atoms with Crippen LogP contribution in [0.5, 0.6) is 11.5 Å². The average Bonchev–Trinajstić information content (AvgIpc) is 2.65. The van der Waals surface area contributed by atoms with Gasteiger partial charge in [0.05, 0.1) is 5.69 Å². The Labute approximate surface area is 158 Å². The number of carbonyl (C=O) groups excluding carboxylic acids is 3. The molecular weight excluding hydrogens is 368 g/mol. The van der Waals surface area contributed by atoms with Gasteiger partial charge < -0.3 is 14.9 Å². The van der Waals surface area contributed by atoms with Crippen LogP contribution in [0.4, 0.5) is 10.5 Å². The van der Waals surface area contributed by atoms with E-state index in [1.165, 1.54) is 42.5 Å². The van der Waals surface area contributed by atoms with Crippen molar-refractivity contribution in [1.82, 2.24) is 5.32 Å². The Hall–Kier alpha value is -4.14. The number of benzene rings is 2. The molecule has 2 aromatic carbocycles. The van der Waals surface area contributed by atoms with E-state index in [1.807, 2.05) is 0 Å². The van der Waals surface area contributed by atoms with Gasteiger partial charge in [-0.1, -0.05) is 12.1 Å². The number of urea groups is 1. The summed E-state index contributed by atoms with van der Waals surface area (Å²) in [5, 5.41) is 20.1. The Bertz CT molecular complexity index is 996. The van der Waals surface area contributed by atoms with Gasteiger partial charge in [-0.2, -0.15) is 0 Å². The van der Waals surface area contributed by atoms with Crippen LogP contribution < -0.4 is 15.0 Å². The summed E-state index contributed by atoms with van der Waals surface area (Å²) >= 11 is 0. The Morgan fingerprint density at radius 2 is 1.82 bits per heavy atom. The number of aliphatic carboxylic acids is 1. The van der Waals surface area contributed by atoms with Crippen molar-refractivity contribution in [2.75, 3.05) is 11.5 Å². The summed E-state index contributed by atoms with van der Waals surface area (Å²) < 4.78 is 5.07. The molecule has 0 atom stereocenters. The van der Waals surface area contributed by atoms with E-state index in [-0.39, 0.29) is 22.8 Å². The molecule has 4 amide bonds. The molecule has 0 bridgehead atoms. The number of barbiturate groups is 1. The van der Waals surface area contributed by atoms with Crippen molar-refractivity contribution in [2.24, 2.45) is 0 Å². The normalized spacial score (nSPS) is 15.5. The number of amides is 4. The zero-order chi connectivity index (χ0) is 20.3. The number of anilines is 1. The molecule has 1 aliphatic heterocycles. The quantitative estimate of drug-likeness (QED) is 0.527. The van der Waals surface area contributed by atoms with Crippen LogP contribution in [-0.4, -0.2) is 40.6 Å². The molecule has 9 nitrogen and oxygen atoms in total. The Balaban J connectivity index is 1.92. The third-order valence-electron chi connectivity index (χ3n) is 3.74. The molecule has 0 saturated carbocycles. The third-order valence-corrected chi connectivity index (χ3v) is 3.74. The van der Waals surface area contributed by atoms with Crippen LogP contribution in [-0.2, 0) is 14.4 Å². The van der Waals surface area contributed by atoms with Gasteiger partial charge in [0, 0.05) is 0 Å². The molecule has 0 aliphatic carbocycles. The molecule has 1 saturated heterocycles. The number of hydrogen-bond donors (Lipinski definition) is 3. The van der Waals surface area contributed by atoms with Crippen molar-refractivity contribution in [1.29, 1.82) is 0 Å². The van der Waals surface area contributed by atoms with E-state index in [9.17, 15) is 24.3 Å². The second-order valence-electron chi connectivity index (χ2n) is 5.73. The molecule has 0 spiro atoms. The standard InChI is InChI=1S/C19H14N2O7/c22-13-6-4-12(5-7-13)21-18(26)15(17(25)20-19(21)27)9-11-2-1-3-14(8-11)28-10-16(23)24/h1-9,22H,10H2,(H,23,24)(H,20,25,27)/b15-9-. The van der Waals surface area contributed by atoms with Gasteiger partial charge in [-0.05, 0) is 48.0 Å². The summed E-state index contributed by atoms with van der Waals surface area (Å²) in [4.78, 5) is 48.4. The second-order valence-corrected chi connectivity index (χ2v) is 5.73. The smallest absolute Gasteiger partial charge is 0.341 e. The lowest BCUT2D eigenvalue weighted by Crippen LogP contribution is -2.54. The number of phenolic OH excluding ortho intramolecular Hbond substituents is 1. The van der Waals surface area contributed by atoms with Gasteiger partial charge in [0.1, 0.15) is 17.1 Å². The monoisotopic (exact) mass is 382 g/mol. The lowest BCUT2D eigenvalue weighted by atomic mass is 10.1. The molecular formula is C19H14N2O7. The number of phenols is 1. The Morgan fingerprint density at radius 1 is 1.11 bits per heavy atom. The van der Waals surface area contributed by atoms with E-state index in [1.54, 1.807) is 12.1 Å². The highest BCUT2D eigenvalue weighted by Crippen LogP contribution is 2.24. The summed E-state index contributed by atoms with van der Waals surface area (Å²) in [6.45, 7) is -0.539. The SMILES string of the molecule is O=C(O)COc1cccc(/C=C2/C(=O)NC(=O)N(c3ccc(O)cc3)C2=O)c1. The zero-order valence-electron chi connectivity index (χ0n) is 14.3. The average molecular weight is 382 g/mol. The van der Waals surface area contributed by atoms with Crippen molar-refractivity contribution in [3.05, 3.63) is 59.7 Å². The van der Waals surface area contributed by atoms with Crippen LogP contribution in [0, 0.1) is 0 Å². The summed E-state index contributed by atoms with van der Waals surface area (Å²) in [7, 11) is 0. The van der Waals surface area contributed by atoms with E-state index in [4.69, 9.17) is 9.84 Å². The molecule has 1 aliphatic rings. The van der Waals surface area contributed by atoms with E-state index in [2.05, 4.69) is 5.32 Å². The number of carbonyl (C=O) groups is 4. The van der Waals surface area contributed by atoms with Crippen molar-refractivity contribution >= 4 is 35.6 Å². The molecule has 0 unspecified atom stereocenters. The number of imide groups is 2. The fourth-order valence-corrected chi connectivity index (χ4v) is 2.50. The third kappa shape index (κ3) is 3.98. The minimum absolute atomic E-state index is 0.0429. The number of ether oxygens (including phenoxy) is 1. The predicted octanol–water partition coefficient (Wildman–Crippen LogP) is 1.52. The first-order valence-corrected chi connectivity index (χ1v) is 8.00. The number of nitrogens with one attached hydrogen (secondary N) is 1. The first kappa shape index (κ1) is 18.6. The number of aromatic hydroxyl groups is 1. The van der Waals surface area contributed by atoms with Crippen LogP contribution in [0.1, 0.15) is 5.56 Å². The molecule has 3 N–H and O–H groups in total.